The minimum Gasteiger partial charge on any atom is -0.496 e. The van der Waals surface area contributed by atoms with Gasteiger partial charge in [-0.05, 0) is 37.6 Å². The molecule has 0 spiro atoms. The summed E-state index contributed by atoms with van der Waals surface area (Å²) in [4.78, 5) is 15.1. The number of rotatable bonds is 9. The number of nitro benzene ring substituents is 1. The molecule has 10 nitrogen and oxygen atoms in total. The van der Waals surface area contributed by atoms with Gasteiger partial charge in [0.15, 0.2) is 17.3 Å². The first-order valence-corrected chi connectivity index (χ1v) is 9.38. The number of aromatic nitrogens is 3. The first-order valence-electron chi connectivity index (χ1n) is 9.38. The molecular weight excluding hydrogens is 390 g/mol. The number of benzene rings is 2. The molecule has 0 saturated carbocycles. The van der Waals surface area contributed by atoms with E-state index < -0.39 is 11.0 Å². The number of hydrogen-bond donors (Lipinski definition) is 2. The number of methoxy groups -OCH3 is 1. The van der Waals surface area contributed by atoms with E-state index in [1.54, 1.807) is 12.1 Å². The van der Waals surface area contributed by atoms with Crippen LogP contribution >= 0.6 is 0 Å². The first-order chi connectivity index (χ1) is 14.5. The van der Waals surface area contributed by atoms with Crippen LogP contribution in [0.15, 0.2) is 36.4 Å². The zero-order valence-corrected chi connectivity index (χ0v) is 16.9. The van der Waals surface area contributed by atoms with Gasteiger partial charge in [-0.15, -0.1) is 0 Å². The van der Waals surface area contributed by atoms with Crippen LogP contribution < -0.4 is 19.9 Å². The minimum atomic E-state index is -0.620. The molecule has 0 amide bonds. The lowest BCUT2D eigenvalue weighted by molar-refractivity contribution is -0.384. The number of nitrogens with zero attached hydrogens (tertiary/aromatic N) is 3. The van der Waals surface area contributed by atoms with E-state index in [1.165, 1.54) is 25.3 Å². The van der Waals surface area contributed by atoms with Gasteiger partial charge in [0.1, 0.15) is 11.6 Å². The van der Waals surface area contributed by atoms with Gasteiger partial charge in [0, 0.05) is 12.1 Å². The van der Waals surface area contributed by atoms with Gasteiger partial charge in [0.25, 0.3) is 5.69 Å². The van der Waals surface area contributed by atoms with Gasteiger partial charge in [-0.25, -0.2) is 4.98 Å². The number of hydrogen-bond acceptors (Lipinski definition) is 8. The lowest BCUT2D eigenvalue weighted by atomic mass is 10.1. The maximum atomic E-state index is 11.1. The third kappa shape index (κ3) is 4.33. The number of ether oxygens (including phenoxy) is 3. The maximum Gasteiger partial charge on any atom is 0.270 e. The van der Waals surface area contributed by atoms with E-state index in [9.17, 15) is 10.1 Å². The maximum absolute atomic E-state index is 11.1. The van der Waals surface area contributed by atoms with Crippen LogP contribution in [0.5, 0.6) is 17.2 Å². The molecule has 0 unspecified atom stereocenters. The van der Waals surface area contributed by atoms with Crippen molar-refractivity contribution in [1.29, 1.82) is 0 Å². The Kier molecular flexibility index (Phi) is 6.48. The molecule has 3 rings (SSSR count). The fourth-order valence-corrected chi connectivity index (χ4v) is 2.94. The van der Waals surface area contributed by atoms with Crippen LogP contribution in [0.25, 0.3) is 11.4 Å². The molecule has 0 radical (unpaired) electrons. The van der Waals surface area contributed by atoms with Crippen LogP contribution in [-0.4, -0.2) is 40.4 Å². The summed E-state index contributed by atoms with van der Waals surface area (Å²) >= 11 is 0. The molecule has 0 aliphatic rings. The normalized spacial score (nSPS) is 11.7. The molecule has 1 atom stereocenters. The zero-order valence-electron chi connectivity index (χ0n) is 16.9. The first kappa shape index (κ1) is 21.1. The quantitative estimate of drug-likeness (QED) is 0.403. The molecule has 0 fully saturated rings. The molecule has 158 valence electrons. The van der Waals surface area contributed by atoms with Crippen LogP contribution in [0.1, 0.15) is 31.3 Å². The van der Waals surface area contributed by atoms with Crippen molar-refractivity contribution in [1.82, 2.24) is 15.2 Å². The summed E-state index contributed by atoms with van der Waals surface area (Å²) in [6.45, 7) is 4.78. The molecule has 2 aromatic carbocycles. The Bertz CT molecular complexity index is 1040. The Morgan fingerprint density at radius 2 is 1.80 bits per heavy atom. The fraction of sp³-hybridized carbons (Fsp3) is 0.300. The van der Waals surface area contributed by atoms with Crippen molar-refractivity contribution >= 4 is 5.69 Å². The van der Waals surface area contributed by atoms with Gasteiger partial charge in [-0.1, -0.05) is 6.07 Å². The molecule has 0 saturated heterocycles. The van der Waals surface area contributed by atoms with E-state index in [4.69, 9.17) is 19.9 Å². The van der Waals surface area contributed by atoms with Crippen molar-refractivity contribution in [2.45, 2.75) is 19.9 Å². The van der Waals surface area contributed by atoms with Crippen molar-refractivity contribution < 1.29 is 19.1 Å². The van der Waals surface area contributed by atoms with Gasteiger partial charge >= 0.3 is 0 Å². The fourth-order valence-electron chi connectivity index (χ4n) is 2.94. The molecule has 0 bridgehead atoms. The van der Waals surface area contributed by atoms with Gasteiger partial charge in [0.05, 0.1) is 36.9 Å². The second kappa shape index (κ2) is 9.23. The molecular formula is C20H23N5O5. The summed E-state index contributed by atoms with van der Waals surface area (Å²) in [5.74, 6) is 2.28. The van der Waals surface area contributed by atoms with Crippen LogP contribution in [0.4, 0.5) is 5.69 Å². The molecule has 30 heavy (non-hydrogen) atoms. The van der Waals surface area contributed by atoms with Gasteiger partial charge in [-0.3, -0.25) is 15.2 Å². The molecule has 0 aliphatic carbocycles. The molecule has 3 aromatic rings. The Morgan fingerprint density at radius 3 is 2.47 bits per heavy atom. The van der Waals surface area contributed by atoms with Crippen molar-refractivity contribution in [2.75, 3.05) is 20.3 Å². The van der Waals surface area contributed by atoms with Crippen molar-refractivity contribution in [3.8, 4) is 28.6 Å². The number of aromatic amines is 1. The summed E-state index contributed by atoms with van der Waals surface area (Å²) in [5, 5.41) is 18.1. The smallest absolute Gasteiger partial charge is 0.270 e. The summed E-state index contributed by atoms with van der Waals surface area (Å²) in [6.07, 6.45) is 0. The van der Waals surface area contributed by atoms with Crippen molar-refractivity contribution in [3.63, 3.8) is 0 Å². The Morgan fingerprint density at radius 1 is 1.10 bits per heavy atom. The lowest BCUT2D eigenvalue weighted by Crippen LogP contribution is -2.14. The number of nitro groups is 1. The van der Waals surface area contributed by atoms with Crippen LogP contribution in [0, 0.1) is 10.1 Å². The Balaban J connectivity index is 1.94. The Hall–Kier alpha value is -3.66. The highest BCUT2D eigenvalue weighted by molar-refractivity contribution is 5.67. The van der Waals surface area contributed by atoms with E-state index in [1.807, 2.05) is 19.9 Å². The SMILES string of the molecule is CCOc1ccc([C@@H](N)c2nc(-c3cc([N+](=O)[O-])ccc3OC)n[nH]2)cc1OCC. The van der Waals surface area contributed by atoms with E-state index in [-0.39, 0.29) is 11.5 Å². The summed E-state index contributed by atoms with van der Waals surface area (Å²) < 4.78 is 16.5. The minimum absolute atomic E-state index is 0.0886. The van der Waals surface area contributed by atoms with E-state index in [2.05, 4.69) is 15.2 Å². The number of nitrogens with one attached hydrogen (secondary N) is 1. The van der Waals surface area contributed by atoms with Gasteiger partial charge in [0.2, 0.25) is 0 Å². The molecule has 1 aromatic heterocycles. The van der Waals surface area contributed by atoms with Crippen molar-refractivity contribution in [2.24, 2.45) is 5.73 Å². The molecule has 1 heterocycles. The van der Waals surface area contributed by atoms with Gasteiger partial charge in [-0.2, -0.15) is 5.10 Å². The third-order valence-corrected chi connectivity index (χ3v) is 4.36. The van der Waals surface area contributed by atoms with E-state index in [0.29, 0.717) is 41.9 Å². The zero-order chi connectivity index (χ0) is 21.7. The highest BCUT2D eigenvalue weighted by Gasteiger charge is 2.20. The lowest BCUT2D eigenvalue weighted by Gasteiger charge is -2.14. The number of non-ortho nitro benzene ring substituents is 1. The topological polar surface area (TPSA) is 138 Å². The standard InChI is InChI=1S/C20H23N5O5/c1-4-29-16-8-6-12(10-17(16)30-5-2)18(21)20-22-19(23-24-20)14-11-13(25(26)27)7-9-15(14)28-3/h6-11,18H,4-5,21H2,1-3H3,(H,22,23,24)/t18-/m1/s1. The second-order valence-corrected chi connectivity index (χ2v) is 6.24. The van der Waals surface area contributed by atoms with E-state index >= 15 is 0 Å². The second-order valence-electron chi connectivity index (χ2n) is 6.24. The average Bonchev–Trinajstić information content (AvgIpc) is 3.24. The number of nitrogens with two attached hydrogens (primary N) is 1. The number of H-pyrrole nitrogens is 1. The third-order valence-electron chi connectivity index (χ3n) is 4.36. The largest absolute Gasteiger partial charge is 0.496 e. The highest BCUT2D eigenvalue weighted by Crippen LogP contribution is 2.34. The summed E-state index contributed by atoms with van der Waals surface area (Å²) in [5.41, 5.74) is 7.42. The van der Waals surface area contributed by atoms with E-state index in [0.717, 1.165) is 5.56 Å². The summed E-state index contributed by atoms with van der Waals surface area (Å²) in [6, 6.07) is 9.03. The molecule has 0 aliphatic heterocycles. The highest BCUT2D eigenvalue weighted by atomic mass is 16.6. The molecule has 3 N–H and O–H groups in total. The van der Waals surface area contributed by atoms with Crippen molar-refractivity contribution in [3.05, 3.63) is 57.9 Å². The predicted molar refractivity (Wildman–Crippen MR) is 110 cm³/mol. The van der Waals surface area contributed by atoms with Gasteiger partial charge < -0.3 is 19.9 Å². The van der Waals surface area contributed by atoms with Crippen LogP contribution in [-0.2, 0) is 0 Å². The predicted octanol–water partition coefficient (Wildman–Crippen LogP) is 3.23. The van der Waals surface area contributed by atoms with Crippen LogP contribution in [0.2, 0.25) is 0 Å². The Labute approximate surface area is 173 Å². The molecule has 10 heteroatoms. The monoisotopic (exact) mass is 413 g/mol. The van der Waals surface area contributed by atoms with Crippen LogP contribution in [0.3, 0.4) is 0 Å². The summed E-state index contributed by atoms with van der Waals surface area (Å²) in [7, 11) is 1.47. The average molecular weight is 413 g/mol.